The number of amides is 1. The van der Waals surface area contributed by atoms with E-state index in [9.17, 15) is 19.7 Å². The fourth-order valence-electron chi connectivity index (χ4n) is 1.88. The van der Waals surface area contributed by atoms with E-state index in [0.29, 0.717) is 11.3 Å². The van der Waals surface area contributed by atoms with E-state index in [2.05, 4.69) is 5.32 Å². The fraction of sp³-hybridized carbons (Fsp3) is 0.200. The normalized spacial score (nSPS) is 10.2. The van der Waals surface area contributed by atoms with Crippen molar-refractivity contribution >= 4 is 29.2 Å². The fourth-order valence-corrected chi connectivity index (χ4v) is 2.14. The Balaban J connectivity index is 1.84. The third kappa shape index (κ3) is 4.11. The van der Waals surface area contributed by atoms with Crippen LogP contribution in [-0.4, -0.2) is 30.0 Å². The van der Waals surface area contributed by atoms with Gasteiger partial charge in [-0.2, -0.15) is 0 Å². The summed E-state index contributed by atoms with van der Waals surface area (Å²) in [6.45, 7) is 1.66. The van der Waals surface area contributed by atoms with Crippen LogP contribution in [0, 0.1) is 17.0 Å². The quantitative estimate of drug-likeness (QED) is 0.370. The molecule has 1 aromatic carbocycles. The van der Waals surface area contributed by atoms with Gasteiger partial charge < -0.3 is 14.5 Å². The summed E-state index contributed by atoms with van der Waals surface area (Å²) in [4.78, 5) is 33.7. The lowest BCUT2D eigenvalue weighted by Crippen LogP contribution is -2.28. The minimum absolute atomic E-state index is 0.0345. The van der Waals surface area contributed by atoms with Crippen LogP contribution >= 0.6 is 11.6 Å². The summed E-state index contributed by atoms with van der Waals surface area (Å²) < 4.78 is 9.99. The number of hydrogen-bond donors (Lipinski definition) is 1. The second-order valence-electron chi connectivity index (χ2n) is 4.70. The third-order valence-electron chi connectivity index (χ3n) is 3.11. The molecule has 1 N–H and O–H groups in total. The molecular weight excluding hydrogens is 340 g/mol. The zero-order valence-electron chi connectivity index (χ0n) is 12.6. The molecule has 0 saturated carbocycles. The van der Waals surface area contributed by atoms with E-state index in [0.717, 1.165) is 6.07 Å². The molecule has 0 bridgehead atoms. The zero-order chi connectivity index (χ0) is 17.7. The number of carbonyl (C=O) groups excluding carboxylic acids is 2. The molecule has 0 atom stereocenters. The van der Waals surface area contributed by atoms with E-state index >= 15 is 0 Å². The van der Waals surface area contributed by atoms with Crippen LogP contribution in [0.2, 0.25) is 5.02 Å². The van der Waals surface area contributed by atoms with Crippen molar-refractivity contribution in [3.63, 3.8) is 0 Å². The Morgan fingerprint density at radius 1 is 1.33 bits per heavy atom. The lowest BCUT2D eigenvalue weighted by atomic mass is 10.2. The third-order valence-corrected chi connectivity index (χ3v) is 3.42. The molecule has 0 radical (unpaired) electrons. The van der Waals surface area contributed by atoms with E-state index in [1.807, 2.05) is 0 Å². The van der Waals surface area contributed by atoms with Gasteiger partial charge in [-0.05, 0) is 19.1 Å². The van der Waals surface area contributed by atoms with Crippen molar-refractivity contribution in [2.45, 2.75) is 6.92 Å². The summed E-state index contributed by atoms with van der Waals surface area (Å²) in [5, 5.41) is 13.1. The predicted octanol–water partition coefficient (Wildman–Crippen LogP) is 2.74. The number of nitrogens with zero attached hydrogens (tertiary/aromatic N) is 1. The van der Waals surface area contributed by atoms with Gasteiger partial charge in [0.05, 0.1) is 28.3 Å². The second kappa shape index (κ2) is 7.60. The van der Waals surface area contributed by atoms with Gasteiger partial charge in [0.15, 0.2) is 0 Å². The minimum Gasteiger partial charge on any atom is -0.469 e. The lowest BCUT2D eigenvalue weighted by molar-refractivity contribution is -0.384. The van der Waals surface area contributed by atoms with Crippen LogP contribution in [0.25, 0.3) is 0 Å². The van der Waals surface area contributed by atoms with Crippen molar-refractivity contribution in [1.82, 2.24) is 5.32 Å². The van der Waals surface area contributed by atoms with Crippen LogP contribution in [0.15, 0.2) is 34.9 Å². The van der Waals surface area contributed by atoms with Gasteiger partial charge in [0, 0.05) is 12.1 Å². The topological polar surface area (TPSA) is 112 Å². The summed E-state index contributed by atoms with van der Waals surface area (Å²) in [6.07, 6.45) is 1.38. The number of rotatable bonds is 6. The molecule has 9 heteroatoms. The first kappa shape index (κ1) is 17.5. The largest absolute Gasteiger partial charge is 0.469 e. The number of furan rings is 1. The molecule has 0 aliphatic heterocycles. The van der Waals surface area contributed by atoms with Gasteiger partial charge in [0.2, 0.25) is 0 Å². The van der Waals surface area contributed by atoms with Crippen molar-refractivity contribution < 1.29 is 23.7 Å². The van der Waals surface area contributed by atoms with Crippen LogP contribution in [-0.2, 0) is 4.74 Å². The van der Waals surface area contributed by atoms with Gasteiger partial charge >= 0.3 is 5.97 Å². The monoisotopic (exact) mass is 352 g/mol. The number of esters is 1. The minimum atomic E-state index is -0.606. The number of non-ortho nitro benzene ring substituents is 1. The molecule has 8 nitrogen and oxygen atoms in total. The first-order valence-electron chi connectivity index (χ1n) is 6.83. The first-order chi connectivity index (χ1) is 11.4. The number of nitro benzene ring substituents is 1. The second-order valence-corrected chi connectivity index (χ2v) is 5.11. The van der Waals surface area contributed by atoms with Crippen molar-refractivity contribution in [3.05, 3.63) is 62.6 Å². The molecule has 126 valence electrons. The average Bonchev–Trinajstić information content (AvgIpc) is 2.97. The molecule has 0 fully saturated rings. The van der Waals surface area contributed by atoms with E-state index in [-0.39, 0.29) is 29.4 Å². The Hall–Kier alpha value is -2.87. The molecule has 2 aromatic rings. The summed E-state index contributed by atoms with van der Waals surface area (Å²) in [6, 6.07) is 5.03. The molecular formula is C15H13ClN2O6. The number of halogens is 1. The number of nitro groups is 1. The molecule has 0 unspecified atom stereocenters. The molecule has 24 heavy (non-hydrogen) atoms. The van der Waals surface area contributed by atoms with Gasteiger partial charge in [-0.1, -0.05) is 11.6 Å². The van der Waals surface area contributed by atoms with Gasteiger partial charge in [-0.25, -0.2) is 4.79 Å². The average molecular weight is 353 g/mol. The summed E-state index contributed by atoms with van der Waals surface area (Å²) in [7, 11) is 0. The summed E-state index contributed by atoms with van der Waals surface area (Å²) >= 11 is 5.86. The predicted molar refractivity (Wildman–Crippen MR) is 84.2 cm³/mol. The number of nitrogens with one attached hydrogen (secondary N) is 1. The maximum absolute atomic E-state index is 12.0. The highest BCUT2D eigenvalue weighted by molar-refractivity contribution is 6.34. The van der Waals surface area contributed by atoms with Crippen LogP contribution < -0.4 is 5.32 Å². The van der Waals surface area contributed by atoms with Crippen LogP contribution in [0.4, 0.5) is 5.69 Å². The van der Waals surface area contributed by atoms with Gasteiger partial charge in [0.25, 0.3) is 11.6 Å². The zero-order valence-corrected chi connectivity index (χ0v) is 13.3. The number of hydrogen-bond acceptors (Lipinski definition) is 6. The molecule has 1 aromatic heterocycles. The number of ether oxygens (including phenoxy) is 1. The molecule has 1 heterocycles. The maximum Gasteiger partial charge on any atom is 0.341 e. The molecule has 0 saturated heterocycles. The lowest BCUT2D eigenvalue weighted by Gasteiger charge is -2.07. The molecule has 0 aliphatic rings. The highest BCUT2D eigenvalue weighted by Crippen LogP contribution is 2.22. The Bertz CT molecular complexity index is 786. The van der Waals surface area contributed by atoms with E-state index < -0.39 is 16.8 Å². The van der Waals surface area contributed by atoms with Gasteiger partial charge in [0.1, 0.15) is 17.9 Å². The Morgan fingerprint density at radius 3 is 2.67 bits per heavy atom. The van der Waals surface area contributed by atoms with E-state index in [1.165, 1.54) is 24.5 Å². The van der Waals surface area contributed by atoms with Gasteiger partial charge in [-0.15, -0.1) is 0 Å². The SMILES string of the molecule is Cc1occc1C(=O)OCCNC(=O)c1ccc([N+](=O)[O-])cc1Cl. The molecule has 0 aliphatic carbocycles. The van der Waals surface area contributed by atoms with Crippen molar-refractivity contribution in [2.24, 2.45) is 0 Å². The Morgan fingerprint density at radius 2 is 2.08 bits per heavy atom. The number of aryl methyl sites for hydroxylation is 1. The number of carbonyl (C=O) groups is 2. The van der Waals surface area contributed by atoms with E-state index in [1.54, 1.807) is 6.92 Å². The van der Waals surface area contributed by atoms with Crippen molar-refractivity contribution in [1.29, 1.82) is 0 Å². The van der Waals surface area contributed by atoms with Crippen LogP contribution in [0.1, 0.15) is 26.5 Å². The first-order valence-corrected chi connectivity index (χ1v) is 7.21. The van der Waals surface area contributed by atoms with Crippen molar-refractivity contribution in [3.8, 4) is 0 Å². The maximum atomic E-state index is 12.0. The van der Waals surface area contributed by atoms with Crippen LogP contribution in [0.5, 0.6) is 0 Å². The highest BCUT2D eigenvalue weighted by Gasteiger charge is 2.15. The summed E-state index contributed by atoms with van der Waals surface area (Å²) in [5.74, 6) is -0.629. The standard InChI is InChI=1S/C15H13ClN2O6/c1-9-11(4-6-23-9)15(20)24-7-5-17-14(19)12-3-2-10(18(21)22)8-13(12)16/h2-4,6,8H,5,7H2,1H3,(H,17,19). The summed E-state index contributed by atoms with van der Waals surface area (Å²) in [5.41, 5.74) is 0.208. The van der Waals surface area contributed by atoms with Crippen LogP contribution in [0.3, 0.4) is 0 Å². The molecule has 2 rings (SSSR count). The Labute approximate surface area is 141 Å². The number of benzene rings is 1. The Kier molecular flexibility index (Phi) is 5.54. The highest BCUT2D eigenvalue weighted by atomic mass is 35.5. The molecule has 1 amide bonds. The van der Waals surface area contributed by atoms with Gasteiger partial charge in [-0.3, -0.25) is 14.9 Å². The smallest absolute Gasteiger partial charge is 0.341 e. The molecule has 0 spiro atoms. The van der Waals surface area contributed by atoms with Crippen molar-refractivity contribution in [2.75, 3.05) is 13.2 Å². The van der Waals surface area contributed by atoms with E-state index in [4.69, 9.17) is 20.8 Å².